The number of rotatable bonds is 9. The molecule has 170 valence electrons. The Labute approximate surface area is 191 Å². The molecule has 1 atom stereocenters. The molecule has 4 aromatic rings. The fourth-order valence-corrected chi connectivity index (χ4v) is 3.72. The molecule has 0 aliphatic rings. The highest BCUT2D eigenvalue weighted by atomic mass is 16.5. The average molecular weight is 446 g/mol. The zero-order valence-corrected chi connectivity index (χ0v) is 18.8. The Morgan fingerprint density at radius 2 is 1.82 bits per heavy atom. The summed E-state index contributed by atoms with van der Waals surface area (Å²) in [5.41, 5.74) is 1.79. The number of benzene rings is 2. The first-order valence-corrected chi connectivity index (χ1v) is 11.1. The Morgan fingerprint density at radius 3 is 2.55 bits per heavy atom. The van der Waals surface area contributed by atoms with E-state index in [1.54, 1.807) is 16.8 Å². The van der Waals surface area contributed by atoms with Gasteiger partial charge in [0.1, 0.15) is 11.6 Å². The zero-order chi connectivity index (χ0) is 23.2. The van der Waals surface area contributed by atoms with Gasteiger partial charge in [-0.1, -0.05) is 30.3 Å². The second kappa shape index (κ2) is 10.1. The third kappa shape index (κ3) is 5.11. The Hall–Kier alpha value is -3.94. The van der Waals surface area contributed by atoms with Crippen molar-refractivity contribution in [2.75, 3.05) is 6.61 Å². The maximum absolute atomic E-state index is 12.9. The minimum atomic E-state index is -0.255. The van der Waals surface area contributed by atoms with Crippen LogP contribution in [-0.2, 0) is 11.2 Å². The van der Waals surface area contributed by atoms with E-state index in [0.29, 0.717) is 31.7 Å². The molecule has 0 aliphatic heterocycles. The Bertz CT molecular complexity index is 1280. The third-order valence-electron chi connectivity index (χ3n) is 5.45. The molecule has 2 aromatic carbocycles. The van der Waals surface area contributed by atoms with Crippen LogP contribution in [0.25, 0.3) is 11.3 Å². The van der Waals surface area contributed by atoms with E-state index in [1.807, 2.05) is 68.4 Å². The van der Waals surface area contributed by atoms with Crippen LogP contribution in [0.3, 0.4) is 0 Å². The van der Waals surface area contributed by atoms with Crippen LogP contribution in [0.5, 0.6) is 5.75 Å². The molecule has 0 aliphatic carbocycles. The summed E-state index contributed by atoms with van der Waals surface area (Å²) in [4.78, 5) is 25.3. The molecule has 2 heterocycles. The number of hydrogen-bond donors (Lipinski definition) is 1. The number of carbonyl (C=O) groups excluding carboxylic acids is 1. The van der Waals surface area contributed by atoms with Gasteiger partial charge in [-0.25, -0.2) is 0 Å². The summed E-state index contributed by atoms with van der Waals surface area (Å²) in [6.07, 6.45) is 5.00. The lowest BCUT2D eigenvalue weighted by Crippen LogP contribution is -2.26. The minimum absolute atomic E-state index is 0.0157. The summed E-state index contributed by atoms with van der Waals surface area (Å²) < 4.78 is 8.68. The topological polar surface area (TPSA) is 90.5 Å². The lowest BCUT2D eigenvalue weighted by atomic mass is 10.1. The zero-order valence-electron chi connectivity index (χ0n) is 18.8. The molecule has 0 fully saturated rings. The standard InChI is InChI=1S/C25H27N5O3/c1-3-33-21-14-12-20(13-15-21)29-16-17-30-22(27-28-24(30)25(29)32)10-7-11-23(31)26-18(2)19-8-5-4-6-9-19/h4-6,8-9,12-18H,3,7,10-11H2,1-2H3,(H,26,31)/t18-/m0/s1. The van der Waals surface area contributed by atoms with Gasteiger partial charge < -0.3 is 10.1 Å². The van der Waals surface area contributed by atoms with Gasteiger partial charge in [0.25, 0.3) is 0 Å². The summed E-state index contributed by atoms with van der Waals surface area (Å²) in [5, 5.41) is 11.3. The molecule has 0 unspecified atom stereocenters. The first-order chi connectivity index (χ1) is 16.1. The van der Waals surface area contributed by atoms with Crippen LogP contribution in [0.15, 0.2) is 71.8 Å². The molecule has 0 saturated carbocycles. The van der Waals surface area contributed by atoms with E-state index >= 15 is 0 Å². The van der Waals surface area contributed by atoms with Crippen LogP contribution < -0.4 is 15.6 Å². The number of hydrogen-bond acceptors (Lipinski definition) is 5. The van der Waals surface area contributed by atoms with E-state index in [2.05, 4.69) is 15.5 Å². The highest BCUT2D eigenvalue weighted by Crippen LogP contribution is 2.15. The second-order valence-electron chi connectivity index (χ2n) is 7.76. The number of carbonyl (C=O) groups is 1. The van der Waals surface area contributed by atoms with E-state index in [0.717, 1.165) is 17.0 Å². The minimum Gasteiger partial charge on any atom is -0.494 e. The molecular formula is C25H27N5O3. The van der Waals surface area contributed by atoms with Crippen molar-refractivity contribution in [3.63, 3.8) is 0 Å². The van der Waals surface area contributed by atoms with E-state index < -0.39 is 0 Å². The molecular weight excluding hydrogens is 418 g/mol. The maximum Gasteiger partial charge on any atom is 0.300 e. The molecule has 8 heteroatoms. The Balaban J connectivity index is 1.39. The molecule has 0 bridgehead atoms. The quantitative estimate of drug-likeness (QED) is 0.426. The SMILES string of the molecule is CCOc1ccc(-n2ccn3c(CCCC(=O)N[C@@H](C)c4ccccc4)nnc3c2=O)cc1. The van der Waals surface area contributed by atoms with Crippen molar-refractivity contribution in [3.05, 3.63) is 88.7 Å². The smallest absolute Gasteiger partial charge is 0.300 e. The number of ether oxygens (including phenoxy) is 1. The Kier molecular flexibility index (Phi) is 6.83. The monoisotopic (exact) mass is 445 g/mol. The van der Waals surface area contributed by atoms with Crippen molar-refractivity contribution in [1.82, 2.24) is 24.5 Å². The predicted molar refractivity (Wildman–Crippen MR) is 126 cm³/mol. The largest absolute Gasteiger partial charge is 0.494 e. The number of aromatic nitrogens is 4. The molecule has 0 saturated heterocycles. The third-order valence-corrected chi connectivity index (χ3v) is 5.45. The van der Waals surface area contributed by atoms with Crippen LogP contribution in [0.4, 0.5) is 0 Å². The summed E-state index contributed by atoms with van der Waals surface area (Å²) in [6, 6.07) is 17.1. The van der Waals surface area contributed by atoms with E-state index in [-0.39, 0.29) is 23.2 Å². The first kappa shape index (κ1) is 22.3. The number of fused-ring (bicyclic) bond motifs is 1. The Morgan fingerprint density at radius 1 is 1.06 bits per heavy atom. The van der Waals surface area contributed by atoms with Gasteiger partial charge in [-0.05, 0) is 50.1 Å². The van der Waals surface area contributed by atoms with Crippen molar-refractivity contribution in [1.29, 1.82) is 0 Å². The van der Waals surface area contributed by atoms with Gasteiger partial charge in [0.2, 0.25) is 11.6 Å². The fraction of sp³-hybridized carbons (Fsp3) is 0.280. The van der Waals surface area contributed by atoms with Crippen LogP contribution in [0.1, 0.15) is 44.1 Å². The number of nitrogens with zero attached hydrogens (tertiary/aromatic N) is 4. The van der Waals surface area contributed by atoms with Crippen molar-refractivity contribution in [2.24, 2.45) is 0 Å². The van der Waals surface area contributed by atoms with Crippen LogP contribution in [-0.4, -0.2) is 31.7 Å². The second-order valence-corrected chi connectivity index (χ2v) is 7.76. The molecule has 1 amide bonds. The van der Waals surface area contributed by atoms with E-state index in [4.69, 9.17) is 4.74 Å². The molecule has 4 rings (SSSR count). The normalized spacial score (nSPS) is 11.9. The van der Waals surface area contributed by atoms with Crippen molar-refractivity contribution >= 4 is 11.6 Å². The highest BCUT2D eigenvalue weighted by Gasteiger charge is 2.13. The van der Waals surface area contributed by atoms with Crippen molar-refractivity contribution in [3.8, 4) is 11.4 Å². The first-order valence-electron chi connectivity index (χ1n) is 11.1. The molecule has 33 heavy (non-hydrogen) atoms. The molecule has 8 nitrogen and oxygen atoms in total. The molecule has 2 aromatic heterocycles. The lowest BCUT2D eigenvalue weighted by molar-refractivity contribution is -0.121. The molecule has 0 radical (unpaired) electrons. The van der Waals surface area contributed by atoms with E-state index in [9.17, 15) is 9.59 Å². The van der Waals surface area contributed by atoms with Crippen LogP contribution >= 0.6 is 0 Å². The number of aryl methyl sites for hydroxylation is 1. The van der Waals surface area contributed by atoms with Gasteiger partial charge in [0.05, 0.1) is 12.6 Å². The average Bonchev–Trinajstić information content (AvgIpc) is 3.25. The number of nitrogens with one attached hydrogen (secondary N) is 1. The highest BCUT2D eigenvalue weighted by molar-refractivity contribution is 5.76. The molecule has 0 spiro atoms. The van der Waals surface area contributed by atoms with E-state index in [1.165, 1.54) is 4.57 Å². The summed E-state index contributed by atoms with van der Waals surface area (Å²) in [7, 11) is 0. The van der Waals surface area contributed by atoms with Crippen LogP contribution in [0, 0.1) is 0 Å². The maximum atomic E-state index is 12.9. The van der Waals surface area contributed by atoms with Gasteiger partial charge in [-0.2, -0.15) is 0 Å². The van der Waals surface area contributed by atoms with Gasteiger partial charge >= 0.3 is 5.56 Å². The van der Waals surface area contributed by atoms with Crippen molar-refractivity contribution < 1.29 is 9.53 Å². The van der Waals surface area contributed by atoms with Gasteiger partial charge in [0, 0.05) is 30.9 Å². The molecule has 1 N–H and O–H groups in total. The predicted octanol–water partition coefficient (Wildman–Crippen LogP) is 3.48. The summed E-state index contributed by atoms with van der Waals surface area (Å²) in [5.74, 6) is 1.39. The van der Waals surface area contributed by atoms with Gasteiger partial charge in [-0.15, -0.1) is 10.2 Å². The lowest BCUT2D eigenvalue weighted by Gasteiger charge is -2.14. The van der Waals surface area contributed by atoms with Crippen LogP contribution in [0.2, 0.25) is 0 Å². The number of amides is 1. The van der Waals surface area contributed by atoms with Gasteiger partial charge in [0.15, 0.2) is 0 Å². The van der Waals surface area contributed by atoms with Crippen molar-refractivity contribution in [2.45, 2.75) is 39.2 Å². The fourth-order valence-electron chi connectivity index (χ4n) is 3.72. The van der Waals surface area contributed by atoms with Gasteiger partial charge in [-0.3, -0.25) is 18.6 Å². The summed E-state index contributed by atoms with van der Waals surface area (Å²) in [6.45, 7) is 4.48. The summed E-state index contributed by atoms with van der Waals surface area (Å²) >= 11 is 0.